The fraction of sp³-hybridized carbons (Fsp3) is 0.545. The molecule has 0 aliphatic heterocycles. The van der Waals surface area contributed by atoms with Crippen LogP contribution in [0.4, 0.5) is 10.6 Å². The van der Waals surface area contributed by atoms with Crippen molar-refractivity contribution >= 4 is 23.4 Å². The lowest BCUT2D eigenvalue weighted by Crippen LogP contribution is -2.37. The SMILES string of the molecule is Cc1c(Cl)nnc(NCCNC(=O)N(C)C)c1C. The molecular weight excluding hydrogens is 254 g/mol. The highest BCUT2D eigenvalue weighted by Gasteiger charge is 2.07. The van der Waals surface area contributed by atoms with Crippen molar-refractivity contribution in [2.75, 3.05) is 32.5 Å². The van der Waals surface area contributed by atoms with Gasteiger partial charge in [-0.1, -0.05) is 11.6 Å². The molecule has 0 radical (unpaired) electrons. The number of carbonyl (C=O) groups is 1. The maximum Gasteiger partial charge on any atom is 0.316 e. The third-order valence-electron chi connectivity index (χ3n) is 2.56. The zero-order chi connectivity index (χ0) is 13.7. The molecular formula is C11H18ClN5O. The van der Waals surface area contributed by atoms with E-state index in [9.17, 15) is 4.79 Å². The van der Waals surface area contributed by atoms with E-state index in [2.05, 4.69) is 20.8 Å². The van der Waals surface area contributed by atoms with E-state index in [1.807, 2.05) is 13.8 Å². The van der Waals surface area contributed by atoms with E-state index in [1.165, 1.54) is 4.90 Å². The zero-order valence-corrected chi connectivity index (χ0v) is 11.8. The molecule has 0 atom stereocenters. The van der Waals surface area contributed by atoms with Crippen molar-refractivity contribution in [1.82, 2.24) is 20.4 Å². The van der Waals surface area contributed by atoms with Crippen molar-refractivity contribution in [3.63, 3.8) is 0 Å². The predicted octanol–water partition coefficient (Wildman–Crippen LogP) is 1.43. The molecule has 0 saturated heterocycles. The Morgan fingerprint density at radius 2 is 1.89 bits per heavy atom. The number of aromatic nitrogens is 2. The minimum absolute atomic E-state index is 0.119. The number of anilines is 1. The van der Waals surface area contributed by atoms with E-state index in [0.29, 0.717) is 24.1 Å². The largest absolute Gasteiger partial charge is 0.367 e. The van der Waals surface area contributed by atoms with Gasteiger partial charge in [-0.2, -0.15) is 0 Å². The molecule has 0 bridgehead atoms. The highest BCUT2D eigenvalue weighted by Crippen LogP contribution is 2.19. The Hall–Kier alpha value is -1.56. The number of amides is 2. The van der Waals surface area contributed by atoms with Gasteiger partial charge in [0.15, 0.2) is 11.0 Å². The molecule has 0 aromatic carbocycles. The van der Waals surface area contributed by atoms with E-state index >= 15 is 0 Å². The van der Waals surface area contributed by atoms with Crippen molar-refractivity contribution in [3.05, 3.63) is 16.3 Å². The third-order valence-corrected chi connectivity index (χ3v) is 2.92. The second-order valence-electron chi connectivity index (χ2n) is 4.14. The van der Waals surface area contributed by atoms with Crippen LogP contribution in [0.1, 0.15) is 11.1 Å². The van der Waals surface area contributed by atoms with Gasteiger partial charge in [-0.25, -0.2) is 4.79 Å². The summed E-state index contributed by atoms with van der Waals surface area (Å²) in [5.41, 5.74) is 1.88. The fourth-order valence-corrected chi connectivity index (χ4v) is 1.43. The van der Waals surface area contributed by atoms with Crippen LogP contribution in [-0.4, -0.2) is 48.3 Å². The zero-order valence-electron chi connectivity index (χ0n) is 11.0. The van der Waals surface area contributed by atoms with E-state index in [1.54, 1.807) is 14.1 Å². The van der Waals surface area contributed by atoms with Gasteiger partial charge < -0.3 is 15.5 Å². The van der Waals surface area contributed by atoms with E-state index in [-0.39, 0.29) is 6.03 Å². The molecule has 7 heteroatoms. The second kappa shape index (κ2) is 6.39. The maximum absolute atomic E-state index is 11.3. The monoisotopic (exact) mass is 271 g/mol. The molecule has 1 aromatic heterocycles. The average molecular weight is 272 g/mol. The number of nitrogens with zero attached hydrogens (tertiary/aromatic N) is 3. The molecule has 0 fully saturated rings. The summed E-state index contributed by atoms with van der Waals surface area (Å²) in [6.45, 7) is 4.91. The number of hydrogen-bond donors (Lipinski definition) is 2. The molecule has 0 saturated carbocycles. The van der Waals surface area contributed by atoms with Crippen LogP contribution >= 0.6 is 11.6 Å². The molecule has 2 N–H and O–H groups in total. The first-order chi connectivity index (χ1) is 8.43. The van der Waals surface area contributed by atoms with Gasteiger partial charge in [0.25, 0.3) is 0 Å². The van der Waals surface area contributed by atoms with Crippen LogP contribution < -0.4 is 10.6 Å². The van der Waals surface area contributed by atoms with Crippen LogP contribution in [0, 0.1) is 13.8 Å². The van der Waals surface area contributed by atoms with E-state index < -0.39 is 0 Å². The summed E-state index contributed by atoms with van der Waals surface area (Å²) in [5.74, 6) is 0.691. The van der Waals surface area contributed by atoms with Crippen molar-refractivity contribution in [1.29, 1.82) is 0 Å². The number of hydrogen-bond acceptors (Lipinski definition) is 4. The van der Waals surface area contributed by atoms with Gasteiger partial charge in [0.05, 0.1) is 0 Å². The highest BCUT2D eigenvalue weighted by molar-refractivity contribution is 6.30. The van der Waals surface area contributed by atoms with E-state index in [0.717, 1.165) is 11.1 Å². The van der Waals surface area contributed by atoms with Gasteiger partial charge in [0.1, 0.15) is 0 Å². The first-order valence-electron chi connectivity index (χ1n) is 5.62. The van der Waals surface area contributed by atoms with Crippen molar-refractivity contribution < 1.29 is 4.79 Å². The molecule has 0 aliphatic rings. The number of carbonyl (C=O) groups excluding carboxylic acids is 1. The van der Waals surface area contributed by atoms with Crippen molar-refractivity contribution in [3.8, 4) is 0 Å². The highest BCUT2D eigenvalue weighted by atomic mass is 35.5. The van der Waals surface area contributed by atoms with Gasteiger partial charge >= 0.3 is 6.03 Å². The molecule has 1 aromatic rings. The van der Waals surface area contributed by atoms with Gasteiger partial charge in [-0.15, -0.1) is 10.2 Å². The second-order valence-corrected chi connectivity index (χ2v) is 4.50. The predicted molar refractivity (Wildman–Crippen MR) is 72.1 cm³/mol. The molecule has 100 valence electrons. The van der Waals surface area contributed by atoms with Gasteiger partial charge in [0, 0.05) is 27.2 Å². The molecule has 1 heterocycles. The number of urea groups is 1. The first kappa shape index (κ1) is 14.5. The number of halogens is 1. The molecule has 0 aliphatic carbocycles. The van der Waals surface area contributed by atoms with Gasteiger partial charge in [0.2, 0.25) is 0 Å². The average Bonchev–Trinajstić information content (AvgIpc) is 2.33. The minimum Gasteiger partial charge on any atom is -0.367 e. The Balaban J connectivity index is 2.45. The Morgan fingerprint density at radius 3 is 2.50 bits per heavy atom. The first-order valence-corrected chi connectivity index (χ1v) is 5.99. The lowest BCUT2D eigenvalue weighted by Gasteiger charge is -2.13. The topological polar surface area (TPSA) is 70.1 Å². The van der Waals surface area contributed by atoms with Crippen molar-refractivity contribution in [2.45, 2.75) is 13.8 Å². The smallest absolute Gasteiger partial charge is 0.316 e. The standard InChI is InChI=1S/C11H18ClN5O/c1-7-8(2)10(16-15-9(7)12)13-5-6-14-11(18)17(3)4/h5-6H2,1-4H3,(H,13,16)(H,14,18). The van der Waals surface area contributed by atoms with Crippen LogP contribution in [0.2, 0.25) is 5.15 Å². The van der Waals surface area contributed by atoms with Crippen LogP contribution in [0.25, 0.3) is 0 Å². The Morgan fingerprint density at radius 1 is 1.22 bits per heavy atom. The van der Waals surface area contributed by atoms with Crippen LogP contribution in [0.15, 0.2) is 0 Å². The summed E-state index contributed by atoms with van der Waals surface area (Å²) in [6, 6.07) is -0.119. The minimum atomic E-state index is -0.119. The summed E-state index contributed by atoms with van der Waals surface area (Å²) in [6.07, 6.45) is 0. The van der Waals surface area contributed by atoms with Crippen LogP contribution in [0.3, 0.4) is 0 Å². The molecule has 18 heavy (non-hydrogen) atoms. The summed E-state index contributed by atoms with van der Waals surface area (Å²) in [5, 5.41) is 14.1. The fourth-order valence-electron chi connectivity index (χ4n) is 1.25. The Kier molecular flexibility index (Phi) is 5.15. The summed E-state index contributed by atoms with van der Waals surface area (Å²) in [7, 11) is 3.39. The maximum atomic E-state index is 11.3. The van der Waals surface area contributed by atoms with Crippen LogP contribution in [-0.2, 0) is 0 Å². The Labute approximate surface area is 112 Å². The molecule has 0 unspecified atom stereocenters. The summed E-state index contributed by atoms with van der Waals surface area (Å²) >= 11 is 5.86. The lowest BCUT2D eigenvalue weighted by molar-refractivity contribution is 0.218. The number of rotatable bonds is 4. The van der Waals surface area contributed by atoms with E-state index in [4.69, 9.17) is 11.6 Å². The van der Waals surface area contributed by atoms with Crippen molar-refractivity contribution in [2.24, 2.45) is 0 Å². The van der Waals surface area contributed by atoms with Gasteiger partial charge in [-0.05, 0) is 25.0 Å². The summed E-state index contributed by atoms with van der Waals surface area (Å²) in [4.78, 5) is 12.7. The Bertz CT molecular complexity index is 436. The third kappa shape index (κ3) is 3.73. The normalized spacial score (nSPS) is 10.1. The lowest BCUT2D eigenvalue weighted by atomic mass is 10.2. The number of nitrogens with one attached hydrogen (secondary N) is 2. The quantitative estimate of drug-likeness (QED) is 0.813. The molecule has 2 amide bonds. The molecule has 1 rings (SSSR count). The summed E-state index contributed by atoms with van der Waals surface area (Å²) < 4.78 is 0. The van der Waals surface area contributed by atoms with Crippen LogP contribution in [0.5, 0.6) is 0 Å². The molecule has 0 spiro atoms. The van der Waals surface area contributed by atoms with Gasteiger partial charge in [-0.3, -0.25) is 0 Å². The molecule has 6 nitrogen and oxygen atoms in total.